The minimum absolute atomic E-state index is 0.0784. The number of carbonyl (C=O) groups excluding carboxylic acids is 1. The van der Waals surface area contributed by atoms with Crippen LogP contribution in [0, 0.1) is 11.8 Å². The SMILES string of the molecule is CCOC(=O)CN1CC(CC)CC(NCC2CCCCC2)C1. The Kier molecular flexibility index (Phi) is 7.67. The van der Waals surface area contributed by atoms with E-state index in [2.05, 4.69) is 17.1 Å². The number of likely N-dealkylation sites (tertiary alicyclic amines) is 1. The second kappa shape index (κ2) is 9.51. The van der Waals surface area contributed by atoms with Gasteiger partial charge in [-0.25, -0.2) is 0 Å². The van der Waals surface area contributed by atoms with Crippen LogP contribution in [-0.4, -0.2) is 49.7 Å². The van der Waals surface area contributed by atoms with Crippen molar-refractivity contribution < 1.29 is 9.53 Å². The van der Waals surface area contributed by atoms with Gasteiger partial charge in [-0.3, -0.25) is 9.69 Å². The van der Waals surface area contributed by atoms with Crippen LogP contribution >= 0.6 is 0 Å². The number of hydrogen-bond acceptors (Lipinski definition) is 4. The number of nitrogens with one attached hydrogen (secondary N) is 1. The van der Waals surface area contributed by atoms with Crippen molar-refractivity contribution in [3.8, 4) is 0 Å². The Morgan fingerprint density at radius 2 is 1.91 bits per heavy atom. The van der Waals surface area contributed by atoms with E-state index in [1.54, 1.807) is 0 Å². The summed E-state index contributed by atoms with van der Waals surface area (Å²) in [6.07, 6.45) is 9.47. The Hall–Kier alpha value is -0.610. The van der Waals surface area contributed by atoms with E-state index in [4.69, 9.17) is 4.74 Å². The van der Waals surface area contributed by atoms with Crippen LogP contribution in [0.3, 0.4) is 0 Å². The van der Waals surface area contributed by atoms with Gasteiger partial charge in [0, 0.05) is 19.1 Å². The molecule has 128 valence electrons. The molecule has 0 radical (unpaired) electrons. The molecule has 0 amide bonds. The maximum Gasteiger partial charge on any atom is 0.320 e. The van der Waals surface area contributed by atoms with Gasteiger partial charge in [0.25, 0.3) is 0 Å². The summed E-state index contributed by atoms with van der Waals surface area (Å²) in [7, 11) is 0. The summed E-state index contributed by atoms with van der Waals surface area (Å²) in [6.45, 7) is 8.25. The van der Waals surface area contributed by atoms with Gasteiger partial charge < -0.3 is 10.1 Å². The molecule has 1 aliphatic carbocycles. The summed E-state index contributed by atoms with van der Waals surface area (Å²) in [5.74, 6) is 1.49. The third-order valence-electron chi connectivity index (χ3n) is 5.27. The highest BCUT2D eigenvalue weighted by molar-refractivity contribution is 5.71. The third kappa shape index (κ3) is 5.88. The molecule has 1 aliphatic heterocycles. The second-order valence-electron chi connectivity index (χ2n) is 7.12. The van der Waals surface area contributed by atoms with Crippen LogP contribution in [0.5, 0.6) is 0 Å². The highest BCUT2D eigenvalue weighted by atomic mass is 16.5. The molecule has 2 fully saturated rings. The zero-order valence-corrected chi connectivity index (χ0v) is 14.5. The normalized spacial score (nSPS) is 27.7. The van der Waals surface area contributed by atoms with E-state index in [0.29, 0.717) is 25.1 Å². The number of piperidine rings is 1. The largest absolute Gasteiger partial charge is 0.465 e. The average Bonchev–Trinajstić information content (AvgIpc) is 2.54. The molecule has 1 saturated heterocycles. The first-order chi connectivity index (χ1) is 10.7. The Morgan fingerprint density at radius 1 is 1.14 bits per heavy atom. The first-order valence-corrected chi connectivity index (χ1v) is 9.32. The number of hydrogen-bond donors (Lipinski definition) is 1. The van der Waals surface area contributed by atoms with E-state index in [1.165, 1.54) is 44.9 Å². The molecular weight excluding hydrogens is 276 g/mol. The van der Waals surface area contributed by atoms with Gasteiger partial charge in [-0.1, -0.05) is 32.6 Å². The van der Waals surface area contributed by atoms with Gasteiger partial charge in [-0.2, -0.15) is 0 Å². The van der Waals surface area contributed by atoms with E-state index in [-0.39, 0.29) is 5.97 Å². The summed E-state index contributed by atoms with van der Waals surface area (Å²) in [4.78, 5) is 14.0. The summed E-state index contributed by atoms with van der Waals surface area (Å²) < 4.78 is 5.10. The molecule has 2 aliphatic rings. The predicted octanol–water partition coefficient (Wildman–Crippen LogP) is 2.82. The molecule has 0 aromatic heterocycles. The first-order valence-electron chi connectivity index (χ1n) is 9.32. The minimum atomic E-state index is -0.0784. The Morgan fingerprint density at radius 3 is 2.59 bits per heavy atom. The quantitative estimate of drug-likeness (QED) is 0.734. The monoisotopic (exact) mass is 310 g/mol. The molecule has 22 heavy (non-hydrogen) atoms. The summed E-state index contributed by atoms with van der Waals surface area (Å²) >= 11 is 0. The molecule has 0 aromatic rings. The van der Waals surface area contributed by atoms with Gasteiger partial charge in [0.2, 0.25) is 0 Å². The lowest BCUT2D eigenvalue weighted by atomic mass is 9.88. The van der Waals surface area contributed by atoms with E-state index in [1.807, 2.05) is 6.92 Å². The van der Waals surface area contributed by atoms with Crippen LogP contribution < -0.4 is 5.32 Å². The average molecular weight is 310 g/mol. The minimum Gasteiger partial charge on any atom is -0.465 e. The molecule has 0 aromatic carbocycles. The molecule has 4 heteroatoms. The van der Waals surface area contributed by atoms with Gasteiger partial charge in [0.1, 0.15) is 0 Å². The van der Waals surface area contributed by atoms with Crippen LogP contribution in [0.1, 0.15) is 58.8 Å². The molecule has 2 atom stereocenters. The van der Waals surface area contributed by atoms with Crippen molar-refractivity contribution in [1.29, 1.82) is 0 Å². The molecule has 1 saturated carbocycles. The van der Waals surface area contributed by atoms with E-state index >= 15 is 0 Å². The lowest BCUT2D eigenvalue weighted by Crippen LogP contribution is -2.51. The number of esters is 1. The maximum atomic E-state index is 11.7. The van der Waals surface area contributed by atoms with Gasteiger partial charge in [0.15, 0.2) is 0 Å². The fourth-order valence-electron chi connectivity index (χ4n) is 3.99. The number of rotatable bonds is 7. The summed E-state index contributed by atoms with van der Waals surface area (Å²) in [5.41, 5.74) is 0. The fourth-order valence-corrected chi connectivity index (χ4v) is 3.99. The fraction of sp³-hybridized carbons (Fsp3) is 0.944. The third-order valence-corrected chi connectivity index (χ3v) is 5.27. The van der Waals surface area contributed by atoms with Crippen molar-refractivity contribution in [2.24, 2.45) is 11.8 Å². The highest BCUT2D eigenvalue weighted by Gasteiger charge is 2.28. The maximum absolute atomic E-state index is 11.7. The Labute approximate surface area is 136 Å². The molecule has 4 nitrogen and oxygen atoms in total. The topological polar surface area (TPSA) is 41.6 Å². The van der Waals surface area contributed by atoms with Crippen LogP contribution in [-0.2, 0) is 9.53 Å². The molecule has 0 bridgehead atoms. The van der Waals surface area contributed by atoms with Crippen molar-refractivity contribution >= 4 is 5.97 Å². The van der Waals surface area contributed by atoms with Gasteiger partial charge >= 0.3 is 5.97 Å². The molecule has 2 unspecified atom stereocenters. The summed E-state index contributed by atoms with van der Waals surface area (Å²) in [6, 6.07) is 0.537. The lowest BCUT2D eigenvalue weighted by molar-refractivity contribution is -0.145. The van der Waals surface area contributed by atoms with Crippen molar-refractivity contribution in [3.63, 3.8) is 0 Å². The molecule has 0 spiro atoms. The Bertz CT molecular complexity index is 329. The molecule has 1 heterocycles. The van der Waals surface area contributed by atoms with Crippen LogP contribution in [0.15, 0.2) is 0 Å². The van der Waals surface area contributed by atoms with Crippen molar-refractivity contribution in [2.45, 2.75) is 64.8 Å². The zero-order valence-electron chi connectivity index (χ0n) is 14.5. The number of carbonyl (C=O) groups is 1. The number of nitrogens with zero attached hydrogens (tertiary/aromatic N) is 1. The van der Waals surface area contributed by atoms with Gasteiger partial charge in [0.05, 0.1) is 13.2 Å². The molecule has 1 N–H and O–H groups in total. The van der Waals surface area contributed by atoms with E-state index in [9.17, 15) is 4.79 Å². The van der Waals surface area contributed by atoms with E-state index in [0.717, 1.165) is 25.6 Å². The highest BCUT2D eigenvalue weighted by Crippen LogP contribution is 2.24. The van der Waals surface area contributed by atoms with Crippen molar-refractivity contribution in [3.05, 3.63) is 0 Å². The van der Waals surface area contributed by atoms with Gasteiger partial charge in [-0.15, -0.1) is 0 Å². The molecular formula is C18H34N2O2. The Balaban J connectivity index is 1.77. The molecule has 2 rings (SSSR count). The zero-order chi connectivity index (χ0) is 15.8. The smallest absolute Gasteiger partial charge is 0.320 e. The lowest BCUT2D eigenvalue weighted by Gasteiger charge is -2.38. The first kappa shape index (κ1) is 17.7. The summed E-state index contributed by atoms with van der Waals surface area (Å²) in [5, 5.41) is 3.80. The van der Waals surface area contributed by atoms with Crippen LogP contribution in [0.2, 0.25) is 0 Å². The van der Waals surface area contributed by atoms with Crippen LogP contribution in [0.4, 0.5) is 0 Å². The van der Waals surface area contributed by atoms with Crippen molar-refractivity contribution in [1.82, 2.24) is 10.2 Å². The predicted molar refractivity (Wildman–Crippen MR) is 89.8 cm³/mol. The number of ether oxygens (including phenoxy) is 1. The standard InChI is InChI=1S/C18H34N2O2/c1-3-15-10-17(19-11-16-8-6-5-7-9-16)13-20(12-15)14-18(21)22-4-2/h15-17,19H,3-14H2,1-2H3. The van der Waals surface area contributed by atoms with Crippen LogP contribution in [0.25, 0.3) is 0 Å². The van der Waals surface area contributed by atoms with Crippen molar-refractivity contribution in [2.75, 3.05) is 32.8 Å². The second-order valence-corrected chi connectivity index (χ2v) is 7.12. The van der Waals surface area contributed by atoms with Gasteiger partial charge in [-0.05, 0) is 44.6 Å². The van der Waals surface area contributed by atoms with E-state index < -0.39 is 0 Å².